The van der Waals surface area contributed by atoms with Crippen LogP contribution < -0.4 is 10.2 Å². The number of anilines is 1. The Labute approximate surface area is 253 Å². The molecule has 2 amide bonds. The van der Waals surface area contributed by atoms with E-state index in [0.29, 0.717) is 48.1 Å². The maximum absolute atomic E-state index is 14.1. The van der Waals surface area contributed by atoms with Crippen LogP contribution in [0.4, 0.5) is 5.69 Å². The molecule has 218 valence electrons. The molecular formula is C33H37ClN4O3Si. The first-order chi connectivity index (χ1) is 19.9. The van der Waals surface area contributed by atoms with E-state index < -0.39 is 8.32 Å². The van der Waals surface area contributed by atoms with Gasteiger partial charge in [-0.05, 0) is 66.0 Å². The minimum atomic E-state index is -1.93. The number of halogens is 1. The summed E-state index contributed by atoms with van der Waals surface area (Å²) in [5, 5.41) is 8.26. The van der Waals surface area contributed by atoms with Crippen LogP contribution in [0.3, 0.4) is 0 Å². The van der Waals surface area contributed by atoms with Crippen LogP contribution in [0.25, 0.3) is 5.69 Å². The molecule has 0 bridgehead atoms. The largest absolute Gasteiger partial charge is 0.413 e. The van der Waals surface area contributed by atoms with Crippen LogP contribution in [0.5, 0.6) is 0 Å². The molecule has 0 unspecified atom stereocenters. The van der Waals surface area contributed by atoms with Gasteiger partial charge in [-0.2, -0.15) is 5.10 Å². The Kier molecular flexibility index (Phi) is 8.41. The number of aromatic nitrogens is 2. The number of carbonyl (C=O) groups excluding carboxylic acids is 2. The van der Waals surface area contributed by atoms with E-state index in [1.54, 1.807) is 27.8 Å². The average Bonchev–Trinajstić information content (AvgIpc) is 3.36. The van der Waals surface area contributed by atoms with Crippen LogP contribution >= 0.6 is 11.6 Å². The second-order valence-corrected chi connectivity index (χ2v) is 17.4. The van der Waals surface area contributed by atoms with Crippen LogP contribution in [0.1, 0.15) is 58.4 Å². The number of amides is 2. The number of nitrogens with one attached hydrogen (secondary N) is 1. The van der Waals surface area contributed by atoms with Crippen molar-refractivity contribution < 1.29 is 14.0 Å². The van der Waals surface area contributed by atoms with Crippen LogP contribution in [-0.4, -0.2) is 36.5 Å². The van der Waals surface area contributed by atoms with Crippen molar-refractivity contribution in [1.82, 2.24) is 15.1 Å². The molecule has 0 atom stereocenters. The van der Waals surface area contributed by atoms with Crippen molar-refractivity contribution in [3.05, 3.63) is 112 Å². The second-order valence-electron chi connectivity index (χ2n) is 12.2. The molecular weight excluding hydrogens is 564 g/mol. The molecule has 9 heteroatoms. The molecule has 0 saturated heterocycles. The predicted octanol–water partition coefficient (Wildman–Crippen LogP) is 7.18. The lowest BCUT2D eigenvalue weighted by molar-refractivity contribution is 0.0944. The summed E-state index contributed by atoms with van der Waals surface area (Å²) in [7, 11) is -1.93. The average molecular weight is 601 g/mol. The van der Waals surface area contributed by atoms with Crippen molar-refractivity contribution in [3.8, 4) is 5.69 Å². The molecule has 1 N–H and O–H groups in total. The fourth-order valence-electron chi connectivity index (χ4n) is 4.74. The van der Waals surface area contributed by atoms with Gasteiger partial charge in [0, 0.05) is 29.4 Å². The highest BCUT2D eigenvalue weighted by atomic mass is 35.5. The summed E-state index contributed by atoms with van der Waals surface area (Å²) in [6.07, 6.45) is 0.487. The molecule has 5 rings (SSSR count). The third-order valence-corrected chi connectivity index (χ3v) is 12.9. The lowest BCUT2D eigenvalue weighted by Crippen LogP contribution is -2.40. The van der Waals surface area contributed by atoms with E-state index >= 15 is 0 Å². The minimum Gasteiger partial charge on any atom is -0.413 e. The molecule has 2 heterocycles. The maximum Gasteiger partial charge on any atom is 0.277 e. The number of rotatable bonds is 8. The van der Waals surface area contributed by atoms with Crippen LogP contribution in [-0.2, 0) is 24.0 Å². The van der Waals surface area contributed by atoms with E-state index in [9.17, 15) is 9.59 Å². The topological polar surface area (TPSA) is 76.5 Å². The molecule has 1 aromatic heterocycles. The Bertz CT molecular complexity index is 1610. The molecule has 7 nitrogen and oxygen atoms in total. The normalized spacial score (nSPS) is 13.7. The summed E-state index contributed by atoms with van der Waals surface area (Å²) in [6.45, 7) is 12.4. The van der Waals surface area contributed by atoms with Gasteiger partial charge in [0.05, 0.1) is 12.3 Å². The first-order valence-electron chi connectivity index (χ1n) is 14.2. The maximum atomic E-state index is 14.1. The van der Waals surface area contributed by atoms with Gasteiger partial charge < -0.3 is 14.6 Å². The number of nitrogens with zero attached hydrogens (tertiary/aromatic N) is 3. The lowest BCUT2D eigenvalue weighted by atomic mass is 10.0. The third kappa shape index (κ3) is 6.21. The van der Waals surface area contributed by atoms with E-state index in [1.807, 2.05) is 60.7 Å². The molecule has 1 aliphatic rings. The Hall–Kier alpha value is -3.72. The first kappa shape index (κ1) is 29.8. The highest BCUT2D eigenvalue weighted by Gasteiger charge is 2.38. The summed E-state index contributed by atoms with van der Waals surface area (Å²) in [5.74, 6) is -0.532. The SMILES string of the molecule is CC(C)(C)[Si](C)(C)OCc1cccc(N2CCc3c(C(=O)NCc4ccccc4)nn(-c4cccc(Cl)c4)c3C2=O)c1. The van der Waals surface area contributed by atoms with Crippen molar-refractivity contribution in [1.29, 1.82) is 0 Å². The van der Waals surface area contributed by atoms with Crippen molar-refractivity contribution in [3.63, 3.8) is 0 Å². The zero-order valence-electron chi connectivity index (χ0n) is 24.8. The van der Waals surface area contributed by atoms with Crippen molar-refractivity contribution in [2.75, 3.05) is 11.4 Å². The number of carbonyl (C=O) groups is 2. The Balaban J connectivity index is 1.46. The van der Waals surface area contributed by atoms with Crippen molar-refractivity contribution in [2.24, 2.45) is 0 Å². The van der Waals surface area contributed by atoms with Gasteiger partial charge >= 0.3 is 0 Å². The lowest BCUT2D eigenvalue weighted by Gasteiger charge is -2.36. The molecule has 0 spiro atoms. The highest BCUT2D eigenvalue weighted by molar-refractivity contribution is 6.74. The Morgan fingerprint density at radius 2 is 1.67 bits per heavy atom. The van der Waals surface area contributed by atoms with Crippen LogP contribution in [0, 0.1) is 0 Å². The predicted molar refractivity (Wildman–Crippen MR) is 170 cm³/mol. The molecule has 0 saturated carbocycles. The van der Waals surface area contributed by atoms with E-state index in [2.05, 4.69) is 44.3 Å². The monoisotopic (exact) mass is 600 g/mol. The van der Waals surface area contributed by atoms with E-state index in [-0.39, 0.29) is 22.5 Å². The van der Waals surface area contributed by atoms with Crippen molar-refractivity contribution in [2.45, 2.75) is 58.5 Å². The smallest absolute Gasteiger partial charge is 0.277 e. The fourth-order valence-corrected chi connectivity index (χ4v) is 5.88. The summed E-state index contributed by atoms with van der Waals surface area (Å²) >= 11 is 6.31. The highest BCUT2D eigenvalue weighted by Crippen LogP contribution is 2.37. The summed E-state index contributed by atoms with van der Waals surface area (Å²) < 4.78 is 8.00. The standard InChI is InChI=1S/C33H37ClN4O3Si/c1-33(2,3)42(4,5)41-22-24-13-9-15-26(19-24)37-18-17-28-29(31(39)35-21-23-11-7-6-8-12-23)36-38(30(28)32(37)40)27-16-10-14-25(34)20-27/h6-16,19-20H,17-18,21-22H2,1-5H3,(H,35,39). The van der Waals surface area contributed by atoms with Gasteiger partial charge in [0.25, 0.3) is 11.8 Å². The molecule has 3 aromatic carbocycles. The Morgan fingerprint density at radius 3 is 2.38 bits per heavy atom. The number of hydrogen-bond donors (Lipinski definition) is 1. The molecule has 0 radical (unpaired) electrons. The van der Waals surface area contributed by atoms with E-state index in [4.69, 9.17) is 16.0 Å². The summed E-state index contributed by atoms with van der Waals surface area (Å²) in [5.41, 5.74) is 4.67. The van der Waals surface area contributed by atoms with Gasteiger partial charge in [0.1, 0.15) is 5.69 Å². The number of fused-ring (bicyclic) bond motifs is 1. The summed E-state index contributed by atoms with van der Waals surface area (Å²) in [4.78, 5) is 29.3. The fraction of sp³-hybridized carbons (Fsp3) is 0.303. The first-order valence-corrected chi connectivity index (χ1v) is 17.5. The number of hydrogen-bond acceptors (Lipinski definition) is 4. The summed E-state index contributed by atoms with van der Waals surface area (Å²) in [6, 6.07) is 24.8. The Morgan fingerprint density at radius 1 is 0.976 bits per heavy atom. The molecule has 42 heavy (non-hydrogen) atoms. The minimum absolute atomic E-state index is 0.105. The molecule has 0 fully saturated rings. The second kappa shape index (κ2) is 11.9. The van der Waals surface area contributed by atoms with Gasteiger partial charge in [0.2, 0.25) is 0 Å². The van der Waals surface area contributed by atoms with E-state index in [1.165, 1.54) is 0 Å². The quantitative estimate of drug-likeness (QED) is 0.217. The van der Waals surface area contributed by atoms with Crippen LogP contribution in [0.2, 0.25) is 23.2 Å². The van der Waals surface area contributed by atoms with Gasteiger partial charge in [-0.1, -0.05) is 80.9 Å². The molecule has 0 aliphatic carbocycles. The van der Waals surface area contributed by atoms with Gasteiger partial charge in [-0.15, -0.1) is 0 Å². The number of benzene rings is 3. The molecule has 1 aliphatic heterocycles. The van der Waals surface area contributed by atoms with Gasteiger partial charge in [0.15, 0.2) is 14.0 Å². The van der Waals surface area contributed by atoms with Crippen molar-refractivity contribution >= 4 is 37.4 Å². The zero-order valence-corrected chi connectivity index (χ0v) is 26.5. The molecule has 4 aromatic rings. The van der Waals surface area contributed by atoms with Gasteiger partial charge in [-0.25, -0.2) is 4.68 Å². The zero-order chi connectivity index (χ0) is 30.1. The van der Waals surface area contributed by atoms with E-state index in [0.717, 1.165) is 16.8 Å². The third-order valence-electron chi connectivity index (χ3n) is 8.21. The van der Waals surface area contributed by atoms with Crippen LogP contribution in [0.15, 0.2) is 78.9 Å². The van der Waals surface area contributed by atoms with Gasteiger partial charge in [-0.3, -0.25) is 9.59 Å².